The molecule has 18 heavy (non-hydrogen) atoms. The molecule has 1 unspecified atom stereocenters. The molecule has 0 aliphatic carbocycles. The molecule has 1 amide bonds. The van der Waals surface area contributed by atoms with Crippen molar-refractivity contribution in [2.75, 3.05) is 14.1 Å². The second-order valence-corrected chi connectivity index (χ2v) is 4.44. The fourth-order valence-corrected chi connectivity index (χ4v) is 1.82. The minimum Gasteiger partial charge on any atom is -0.464 e. The van der Waals surface area contributed by atoms with Gasteiger partial charge in [0.1, 0.15) is 5.58 Å². The number of hydrazine groups is 1. The van der Waals surface area contributed by atoms with E-state index in [1.165, 1.54) is 0 Å². The summed E-state index contributed by atoms with van der Waals surface area (Å²) in [6, 6.07) is 7.11. The van der Waals surface area contributed by atoms with E-state index in [0.717, 1.165) is 16.5 Å². The number of para-hydroxylation sites is 1. The number of hydrogen-bond acceptors (Lipinski definition) is 4. The number of fused-ring (bicyclic) bond motifs is 1. The van der Waals surface area contributed by atoms with Gasteiger partial charge in [-0.25, -0.2) is 5.01 Å². The highest BCUT2D eigenvalue weighted by atomic mass is 16.3. The van der Waals surface area contributed by atoms with Gasteiger partial charge in [-0.05, 0) is 6.07 Å². The van der Waals surface area contributed by atoms with E-state index < -0.39 is 6.04 Å². The predicted octanol–water partition coefficient (Wildman–Crippen LogP) is 0.895. The monoisotopic (exact) mass is 247 g/mol. The van der Waals surface area contributed by atoms with Crippen LogP contribution < -0.4 is 11.2 Å². The molecule has 96 valence electrons. The smallest absolute Gasteiger partial charge is 0.251 e. The summed E-state index contributed by atoms with van der Waals surface area (Å²) >= 11 is 0. The Morgan fingerprint density at radius 2 is 2.17 bits per heavy atom. The van der Waals surface area contributed by atoms with E-state index in [4.69, 9.17) is 10.2 Å². The van der Waals surface area contributed by atoms with Crippen molar-refractivity contribution in [3.8, 4) is 0 Å². The van der Waals surface area contributed by atoms with E-state index in [1.54, 1.807) is 25.4 Å². The second-order valence-electron chi connectivity index (χ2n) is 4.44. The van der Waals surface area contributed by atoms with Gasteiger partial charge in [-0.2, -0.15) is 0 Å². The van der Waals surface area contributed by atoms with Crippen molar-refractivity contribution in [3.05, 3.63) is 36.1 Å². The lowest BCUT2D eigenvalue weighted by Crippen LogP contribution is -2.47. The molecular weight excluding hydrogens is 230 g/mol. The molecule has 1 atom stereocenters. The van der Waals surface area contributed by atoms with E-state index >= 15 is 0 Å². The number of furan rings is 1. The molecule has 0 spiro atoms. The zero-order valence-corrected chi connectivity index (χ0v) is 10.5. The summed E-state index contributed by atoms with van der Waals surface area (Å²) in [5, 5.41) is 2.58. The third-order valence-electron chi connectivity index (χ3n) is 2.67. The maximum absolute atomic E-state index is 11.7. The molecule has 5 nitrogen and oxygen atoms in total. The van der Waals surface area contributed by atoms with Crippen molar-refractivity contribution >= 4 is 16.9 Å². The Morgan fingerprint density at radius 1 is 1.44 bits per heavy atom. The molecule has 0 fully saturated rings. The highest BCUT2D eigenvalue weighted by Gasteiger charge is 2.17. The van der Waals surface area contributed by atoms with Gasteiger partial charge in [0.15, 0.2) is 0 Å². The Bertz CT molecular complexity index is 548. The highest BCUT2D eigenvalue weighted by molar-refractivity contribution is 5.84. The lowest BCUT2D eigenvalue weighted by Gasteiger charge is -2.16. The third kappa shape index (κ3) is 2.69. The lowest BCUT2D eigenvalue weighted by molar-refractivity contribution is -0.126. The number of benzene rings is 1. The second kappa shape index (κ2) is 5.20. The van der Waals surface area contributed by atoms with Gasteiger partial charge >= 0.3 is 0 Å². The molecular formula is C13H17N3O2. The highest BCUT2D eigenvalue weighted by Crippen LogP contribution is 2.21. The van der Waals surface area contributed by atoms with Gasteiger partial charge in [0.05, 0.1) is 12.3 Å². The summed E-state index contributed by atoms with van der Waals surface area (Å²) in [5.74, 6) is -0.203. The normalized spacial score (nSPS) is 12.9. The lowest BCUT2D eigenvalue weighted by atomic mass is 10.1. The zero-order valence-electron chi connectivity index (χ0n) is 10.5. The Labute approximate surface area is 106 Å². The molecule has 5 heteroatoms. The van der Waals surface area contributed by atoms with Crippen LogP contribution >= 0.6 is 0 Å². The molecule has 1 heterocycles. The van der Waals surface area contributed by atoms with Crippen molar-refractivity contribution in [1.82, 2.24) is 10.4 Å². The van der Waals surface area contributed by atoms with E-state index in [1.807, 2.05) is 24.3 Å². The van der Waals surface area contributed by atoms with Crippen LogP contribution in [0.4, 0.5) is 0 Å². The maximum Gasteiger partial charge on any atom is 0.251 e. The van der Waals surface area contributed by atoms with Gasteiger partial charge in [-0.15, -0.1) is 0 Å². The van der Waals surface area contributed by atoms with Gasteiger partial charge in [0.25, 0.3) is 5.91 Å². The van der Waals surface area contributed by atoms with E-state index in [0.29, 0.717) is 6.42 Å². The van der Waals surface area contributed by atoms with E-state index in [-0.39, 0.29) is 5.91 Å². The first kappa shape index (κ1) is 12.6. The van der Waals surface area contributed by atoms with Gasteiger partial charge < -0.3 is 10.2 Å². The quantitative estimate of drug-likeness (QED) is 0.787. The van der Waals surface area contributed by atoms with Crippen molar-refractivity contribution in [2.45, 2.75) is 12.5 Å². The number of nitrogens with two attached hydrogens (primary N) is 1. The van der Waals surface area contributed by atoms with Crippen LogP contribution in [-0.4, -0.2) is 31.1 Å². The molecule has 3 N–H and O–H groups in total. The molecule has 0 radical (unpaired) electrons. The number of hydrogen-bond donors (Lipinski definition) is 2. The first-order valence-corrected chi connectivity index (χ1v) is 5.76. The Hall–Kier alpha value is -1.85. The number of amides is 1. The Balaban J connectivity index is 2.11. The number of carbonyl (C=O) groups is 1. The van der Waals surface area contributed by atoms with Crippen LogP contribution in [0.25, 0.3) is 11.0 Å². The molecule has 1 aromatic heterocycles. The van der Waals surface area contributed by atoms with E-state index in [9.17, 15) is 4.79 Å². The minimum atomic E-state index is -0.589. The molecule has 0 aliphatic rings. The molecule has 0 bridgehead atoms. The maximum atomic E-state index is 11.7. The SMILES string of the molecule is CN(C)NC(=O)C(N)Cc1coc2ccccc12. The summed E-state index contributed by atoms with van der Waals surface area (Å²) in [4.78, 5) is 11.7. The van der Waals surface area contributed by atoms with Crippen molar-refractivity contribution < 1.29 is 9.21 Å². The van der Waals surface area contributed by atoms with Crippen molar-refractivity contribution in [2.24, 2.45) is 5.73 Å². The molecule has 0 saturated heterocycles. The molecule has 0 saturated carbocycles. The number of carbonyl (C=O) groups excluding carboxylic acids is 1. The summed E-state index contributed by atoms with van der Waals surface area (Å²) in [5.41, 5.74) is 10.3. The van der Waals surface area contributed by atoms with Crippen LogP contribution in [0.3, 0.4) is 0 Å². The van der Waals surface area contributed by atoms with Crippen LogP contribution in [0.2, 0.25) is 0 Å². The predicted molar refractivity (Wildman–Crippen MR) is 69.7 cm³/mol. The summed E-state index contributed by atoms with van der Waals surface area (Å²) in [6.45, 7) is 0. The van der Waals surface area contributed by atoms with Crippen molar-refractivity contribution in [3.63, 3.8) is 0 Å². The fraction of sp³-hybridized carbons (Fsp3) is 0.308. The largest absolute Gasteiger partial charge is 0.464 e. The topological polar surface area (TPSA) is 71.5 Å². The van der Waals surface area contributed by atoms with Gasteiger partial charge in [0.2, 0.25) is 0 Å². The number of nitrogens with one attached hydrogen (secondary N) is 1. The number of rotatable bonds is 4. The number of nitrogens with zero attached hydrogens (tertiary/aromatic N) is 1. The molecule has 2 aromatic rings. The Kier molecular flexibility index (Phi) is 3.64. The van der Waals surface area contributed by atoms with Crippen LogP contribution in [0.15, 0.2) is 34.9 Å². The molecule has 1 aromatic carbocycles. The minimum absolute atomic E-state index is 0.203. The third-order valence-corrected chi connectivity index (χ3v) is 2.67. The Morgan fingerprint density at radius 3 is 2.89 bits per heavy atom. The standard InChI is InChI=1S/C13H17N3O2/c1-16(2)15-13(17)11(14)7-9-8-18-12-6-4-3-5-10(9)12/h3-6,8,11H,7,14H2,1-2H3,(H,15,17). The molecule has 2 rings (SSSR count). The van der Waals surface area contributed by atoms with Gasteiger partial charge in [-0.1, -0.05) is 18.2 Å². The first-order chi connectivity index (χ1) is 8.58. The zero-order chi connectivity index (χ0) is 13.1. The summed E-state index contributed by atoms with van der Waals surface area (Å²) < 4.78 is 5.41. The summed E-state index contributed by atoms with van der Waals surface area (Å²) in [7, 11) is 3.50. The van der Waals surface area contributed by atoms with Crippen LogP contribution in [0, 0.1) is 0 Å². The van der Waals surface area contributed by atoms with Crippen LogP contribution in [0.1, 0.15) is 5.56 Å². The van der Waals surface area contributed by atoms with Gasteiger partial charge in [0, 0.05) is 31.5 Å². The average Bonchev–Trinajstić information content (AvgIpc) is 2.72. The van der Waals surface area contributed by atoms with Gasteiger partial charge in [-0.3, -0.25) is 10.2 Å². The van der Waals surface area contributed by atoms with Crippen LogP contribution in [-0.2, 0) is 11.2 Å². The summed E-state index contributed by atoms with van der Waals surface area (Å²) in [6.07, 6.45) is 2.12. The molecule has 0 aliphatic heterocycles. The van der Waals surface area contributed by atoms with Crippen molar-refractivity contribution in [1.29, 1.82) is 0 Å². The van der Waals surface area contributed by atoms with Crippen LogP contribution in [0.5, 0.6) is 0 Å². The first-order valence-electron chi connectivity index (χ1n) is 5.76. The average molecular weight is 247 g/mol. The fourth-order valence-electron chi connectivity index (χ4n) is 1.82. The van der Waals surface area contributed by atoms with E-state index in [2.05, 4.69) is 5.43 Å².